The number of nitrogens with zero attached hydrogens (tertiary/aromatic N) is 1. The fraction of sp³-hybridized carbons (Fsp3) is 0.200. The zero-order valence-corrected chi connectivity index (χ0v) is 5.77. The molecule has 0 radical (unpaired) electrons. The van der Waals surface area contributed by atoms with Crippen LogP contribution < -0.4 is 5.73 Å². The van der Waals surface area contributed by atoms with Gasteiger partial charge in [0.05, 0.1) is 0 Å². The smallest absolute Gasteiger partial charge is 0.260 e. The Hall–Kier alpha value is -0.950. The van der Waals surface area contributed by atoms with Gasteiger partial charge in [-0.05, 0) is 6.92 Å². The largest absolute Gasteiger partial charge is 0.365 e. The number of nitriles is 1. The number of thiol groups is 1. The Labute approximate surface area is 58.6 Å². The molecule has 0 rings (SSSR count). The molecule has 2 N–H and O–H groups in total. The van der Waals surface area contributed by atoms with Gasteiger partial charge in [0.15, 0.2) is 0 Å². The van der Waals surface area contributed by atoms with Gasteiger partial charge in [0.2, 0.25) is 0 Å². The Morgan fingerprint density at radius 1 is 1.78 bits per heavy atom. The average Bonchev–Trinajstić information content (AvgIpc) is 1.64. The number of rotatable bonds is 1. The van der Waals surface area contributed by atoms with Gasteiger partial charge in [-0.25, -0.2) is 0 Å². The summed E-state index contributed by atoms with van der Waals surface area (Å²) in [6.07, 6.45) is 0. The van der Waals surface area contributed by atoms with Gasteiger partial charge >= 0.3 is 0 Å². The molecule has 3 nitrogen and oxygen atoms in total. The number of nitrogens with two attached hydrogens (primary N) is 1. The van der Waals surface area contributed by atoms with Crippen LogP contribution in [0.3, 0.4) is 0 Å². The van der Waals surface area contributed by atoms with Crippen LogP contribution in [0.15, 0.2) is 10.5 Å². The number of hydrogen-bond acceptors (Lipinski definition) is 3. The van der Waals surface area contributed by atoms with Gasteiger partial charge in [-0.1, -0.05) is 0 Å². The molecule has 0 aromatic rings. The summed E-state index contributed by atoms with van der Waals surface area (Å²) in [4.78, 5) is 10.6. The van der Waals surface area contributed by atoms with Crippen LogP contribution in [-0.2, 0) is 4.79 Å². The molecule has 0 spiro atoms. The summed E-state index contributed by atoms with van der Waals surface area (Å²) in [6.45, 7) is 1.53. The van der Waals surface area contributed by atoms with Crippen LogP contribution in [0.2, 0.25) is 0 Å². The molecular weight excluding hydrogens is 136 g/mol. The second-order valence-corrected chi connectivity index (χ2v) is 2.11. The molecule has 0 saturated heterocycles. The second-order valence-electron chi connectivity index (χ2n) is 1.44. The highest BCUT2D eigenvalue weighted by Crippen LogP contribution is 2.04. The molecule has 0 fully saturated rings. The third-order valence-corrected chi connectivity index (χ3v) is 0.944. The molecule has 1 amide bonds. The summed E-state index contributed by atoms with van der Waals surface area (Å²) in [5.74, 6) is -0.731. The molecule has 4 heteroatoms. The van der Waals surface area contributed by atoms with E-state index in [1.165, 1.54) is 6.92 Å². The van der Waals surface area contributed by atoms with Crippen LogP contribution in [-0.4, -0.2) is 5.91 Å². The number of amides is 1. The fourth-order valence-electron chi connectivity index (χ4n) is 0.314. The predicted molar refractivity (Wildman–Crippen MR) is 36.5 cm³/mol. The van der Waals surface area contributed by atoms with Crippen molar-refractivity contribution in [3.63, 3.8) is 0 Å². The van der Waals surface area contributed by atoms with Gasteiger partial charge in [0.1, 0.15) is 11.6 Å². The molecule has 0 heterocycles. The first-order chi connectivity index (χ1) is 4.09. The van der Waals surface area contributed by atoms with Crippen molar-refractivity contribution in [2.24, 2.45) is 5.73 Å². The minimum atomic E-state index is -0.731. The van der Waals surface area contributed by atoms with E-state index < -0.39 is 5.91 Å². The van der Waals surface area contributed by atoms with Crippen molar-refractivity contribution in [1.82, 2.24) is 0 Å². The minimum Gasteiger partial charge on any atom is -0.365 e. The fourth-order valence-corrected chi connectivity index (χ4v) is 0.474. The average molecular weight is 142 g/mol. The quantitative estimate of drug-likeness (QED) is 0.312. The summed E-state index contributed by atoms with van der Waals surface area (Å²) in [7, 11) is 0. The maximum atomic E-state index is 10.3. The lowest BCUT2D eigenvalue weighted by Crippen LogP contribution is -2.13. The van der Waals surface area contributed by atoms with Crippen molar-refractivity contribution in [3.05, 3.63) is 10.5 Å². The maximum absolute atomic E-state index is 10.3. The SMILES string of the molecule is CC(S)=C(C#N)C(N)=O. The van der Waals surface area contributed by atoms with E-state index in [2.05, 4.69) is 12.6 Å². The summed E-state index contributed by atoms with van der Waals surface area (Å²) in [6, 6.07) is 1.63. The van der Waals surface area contributed by atoms with E-state index in [4.69, 9.17) is 11.0 Å². The lowest BCUT2D eigenvalue weighted by atomic mass is 10.3. The summed E-state index contributed by atoms with van der Waals surface area (Å²) < 4.78 is 0. The number of hydrogen-bond donors (Lipinski definition) is 2. The van der Waals surface area contributed by atoms with Gasteiger partial charge in [-0.2, -0.15) is 5.26 Å². The normalized spacial score (nSPS) is 11.7. The lowest BCUT2D eigenvalue weighted by Gasteiger charge is -1.90. The molecule has 0 aliphatic rings. The maximum Gasteiger partial charge on any atom is 0.260 e. The Morgan fingerprint density at radius 2 is 2.22 bits per heavy atom. The molecule has 0 aromatic carbocycles. The number of primary amides is 1. The van der Waals surface area contributed by atoms with Crippen LogP contribution in [0, 0.1) is 11.3 Å². The lowest BCUT2D eigenvalue weighted by molar-refractivity contribution is -0.114. The highest BCUT2D eigenvalue weighted by molar-refractivity contribution is 7.84. The Balaban J connectivity index is 4.62. The van der Waals surface area contributed by atoms with Crippen molar-refractivity contribution >= 4 is 18.5 Å². The molecule has 48 valence electrons. The van der Waals surface area contributed by atoms with Gasteiger partial charge < -0.3 is 5.73 Å². The first kappa shape index (κ1) is 8.05. The first-order valence-electron chi connectivity index (χ1n) is 2.19. The first-order valence-corrected chi connectivity index (χ1v) is 2.64. The monoisotopic (exact) mass is 142 g/mol. The molecule has 0 aromatic heterocycles. The number of carbonyl (C=O) groups is 1. The van der Waals surface area contributed by atoms with E-state index in [9.17, 15) is 4.79 Å². The van der Waals surface area contributed by atoms with Crippen LogP contribution in [0.1, 0.15) is 6.92 Å². The van der Waals surface area contributed by atoms with Crippen molar-refractivity contribution in [2.45, 2.75) is 6.92 Å². The summed E-state index contributed by atoms with van der Waals surface area (Å²) in [5.41, 5.74) is 4.70. The third kappa shape index (κ3) is 2.20. The minimum absolute atomic E-state index is 0.0849. The zero-order valence-electron chi connectivity index (χ0n) is 4.88. The molecular formula is C5H6N2OS. The standard InChI is InChI=1S/C5H6N2OS/c1-3(9)4(2-6)5(7)8/h9H,1H3,(H2,7,8). The topological polar surface area (TPSA) is 66.9 Å². The van der Waals surface area contributed by atoms with Crippen LogP contribution in [0.5, 0.6) is 0 Å². The predicted octanol–water partition coefficient (Wildman–Crippen LogP) is 0.199. The second kappa shape index (κ2) is 3.15. The Morgan fingerprint density at radius 3 is 2.22 bits per heavy atom. The van der Waals surface area contributed by atoms with Gasteiger partial charge in [0, 0.05) is 4.91 Å². The molecule has 0 aliphatic heterocycles. The zero-order chi connectivity index (χ0) is 7.44. The molecule has 9 heavy (non-hydrogen) atoms. The van der Waals surface area contributed by atoms with E-state index in [1.54, 1.807) is 6.07 Å². The summed E-state index contributed by atoms with van der Waals surface area (Å²) in [5, 5.41) is 8.21. The molecule has 0 saturated carbocycles. The van der Waals surface area contributed by atoms with Crippen LogP contribution >= 0.6 is 12.6 Å². The Bertz CT molecular complexity index is 197. The van der Waals surface area contributed by atoms with Crippen LogP contribution in [0.25, 0.3) is 0 Å². The highest BCUT2D eigenvalue weighted by Gasteiger charge is 2.03. The number of carbonyl (C=O) groups excluding carboxylic acids is 1. The van der Waals surface area contributed by atoms with E-state index in [1.807, 2.05) is 0 Å². The van der Waals surface area contributed by atoms with Crippen molar-refractivity contribution in [2.75, 3.05) is 0 Å². The summed E-state index contributed by atoms with van der Waals surface area (Å²) >= 11 is 3.77. The highest BCUT2D eigenvalue weighted by atomic mass is 32.1. The van der Waals surface area contributed by atoms with Crippen molar-refractivity contribution in [3.8, 4) is 6.07 Å². The van der Waals surface area contributed by atoms with Crippen molar-refractivity contribution in [1.29, 1.82) is 5.26 Å². The van der Waals surface area contributed by atoms with Crippen LogP contribution in [0.4, 0.5) is 0 Å². The molecule has 0 bridgehead atoms. The van der Waals surface area contributed by atoms with Crippen molar-refractivity contribution < 1.29 is 4.79 Å². The van der Waals surface area contributed by atoms with Gasteiger partial charge in [0.25, 0.3) is 5.91 Å². The van der Waals surface area contributed by atoms with Gasteiger partial charge in [-0.3, -0.25) is 4.79 Å². The molecule has 0 unspecified atom stereocenters. The third-order valence-electron chi connectivity index (χ3n) is 0.720. The Kier molecular flexibility index (Phi) is 2.82. The van der Waals surface area contributed by atoms with Gasteiger partial charge in [-0.15, -0.1) is 12.6 Å². The molecule has 0 aliphatic carbocycles. The molecule has 0 atom stereocenters. The number of allylic oxidation sites excluding steroid dienone is 1. The van der Waals surface area contributed by atoms with E-state index in [0.717, 1.165) is 0 Å². The van der Waals surface area contributed by atoms with E-state index in [0.29, 0.717) is 4.91 Å². The van der Waals surface area contributed by atoms with E-state index >= 15 is 0 Å². The van der Waals surface area contributed by atoms with E-state index in [-0.39, 0.29) is 5.57 Å².